The Morgan fingerprint density at radius 2 is 1.84 bits per heavy atom. The second kappa shape index (κ2) is 9.06. The highest BCUT2D eigenvalue weighted by Crippen LogP contribution is 2.38. The lowest BCUT2D eigenvalue weighted by molar-refractivity contribution is -0.130. The van der Waals surface area contributed by atoms with Crippen LogP contribution in [-0.4, -0.2) is 36.3 Å². The first-order valence-electron chi connectivity index (χ1n) is 10.8. The van der Waals surface area contributed by atoms with Crippen molar-refractivity contribution in [1.82, 2.24) is 10.2 Å². The number of aryl methyl sites for hydroxylation is 1. The van der Waals surface area contributed by atoms with Crippen molar-refractivity contribution >= 4 is 23.2 Å². The van der Waals surface area contributed by atoms with Crippen LogP contribution in [0, 0.1) is 12.3 Å². The van der Waals surface area contributed by atoms with Crippen molar-refractivity contribution in [3.8, 4) is 11.1 Å². The Morgan fingerprint density at radius 1 is 1.10 bits per heavy atom. The lowest BCUT2D eigenvalue weighted by Crippen LogP contribution is -2.45. The number of rotatable bonds is 6. The Bertz CT molecular complexity index is 1080. The van der Waals surface area contributed by atoms with E-state index in [-0.39, 0.29) is 11.8 Å². The quantitative estimate of drug-likeness (QED) is 0.600. The Hall–Kier alpha value is -2.92. The van der Waals surface area contributed by atoms with Crippen LogP contribution in [0.15, 0.2) is 66.0 Å². The fourth-order valence-corrected chi connectivity index (χ4v) is 5.16. The average Bonchev–Trinajstić information content (AvgIpc) is 3.42. The lowest BCUT2D eigenvalue weighted by Gasteiger charge is -2.29. The molecule has 1 aromatic heterocycles. The molecule has 31 heavy (non-hydrogen) atoms. The zero-order chi connectivity index (χ0) is 21.8. The highest BCUT2D eigenvalue weighted by atomic mass is 32.1. The van der Waals surface area contributed by atoms with Crippen LogP contribution >= 0.6 is 11.3 Å². The number of amides is 2. The van der Waals surface area contributed by atoms with E-state index in [1.165, 1.54) is 0 Å². The van der Waals surface area contributed by atoms with Crippen LogP contribution in [-0.2, 0) is 11.2 Å². The molecule has 5 heteroatoms. The smallest absolute Gasteiger partial charge is 0.254 e. The summed E-state index contributed by atoms with van der Waals surface area (Å²) in [5.41, 5.74) is 3.52. The zero-order valence-corrected chi connectivity index (χ0v) is 18.9. The van der Waals surface area contributed by atoms with Crippen LogP contribution in [0.2, 0.25) is 0 Å². The zero-order valence-electron chi connectivity index (χ0n) is 18.1. The minimum atomic E-state index is -0.623. The fourth-order valence-electron chi connectivity index (χ4n) is 4.48. The minimum absolute atomic E-state index is 0.0202. The standard InChI is InChI=1S/C26H28N2O2S/c1-3-27-25(30)26(13-14-28(18-26)24(29)22-15-19(2)31-17-22)16-21-11-7-8-12-23(21)20-9-5-4-6-10-20/h4-12,15,17H,3,13-14,16,18H2,1-2H3,(H,27,30). The normalized spacial score (nSPS) is 18.2. The number of hydrogen-bond donors (Lipinski definition) is 1. The Labute approximate surface area is 187 Å². The van der Waals surface area contributed by atoms with E-state index >= 15 is 0 Å². The molecule has 1 atom stereocenters. The van der Waals surface area contributed by atoms with Crippen LogP contribution in [0.1, 0.15) is 34.1 Å². The highest BCUT2D eigenvalue weighted by Gasteiger charge is 2.46. The van der Waals surface area contributed by atoms with Crippen LogP contribution in [0.5, 0.6) is 0 Å². The Morgan fingerprint density at radius 3 is 2.55 bits per heavy atom. The van der Waals surface area contributed by atoms with Crippen molar-refractivity contribution in [3.63, 3.8) is 0 Å². The van der Waals surface area contributed by atoms with Crippen LogP contribution < -0.4 is 5.32 Å². The molecule has 0 spiro atoms. The Kier molecular flexibility index (Phi) is 6.23. The van der Waals surface area contributed by atoms with Crippen LogP contribution in [0.4, 0.5) is 0 Å². The SMILES string of the molecule is CCNC(=O)C1(Cc2ccccc2-c2ccccc2)CCN(C(=O)c2csc(C)c2)C1. The van der Waals surface area contributed by atoms with Gasteiger partial charge in [-0.2, -0.15) is 0 Å². The molecule has 1 aliphatic heterocycles. The summed E-state index contributed by atoms with van der Waals surface area (Å²) in [7, 11) is 0. The summed E-state index contributed by atoms with van der Waals surface area (Å²) in [5, 5.41) is 4.95. The van der Waals surface area contributed by atoms with Gasteiger partial charge in [-0.1, -0.05) is 54.6 Å². The van der Waals surface area contributed by atoms with E-state index in [0.717, 1.165) is 27.1 Å². The predicted octanol–water partition coefficient (Wildman–Crippen LogP) is 4.93. The van der Waals surface area contributed by atoms with Crippen molar-refractivity contribution in [2.45, 2.75) is 26.7 Å². The highest BCUT2D eigenvalue weighted by molar-refractivity contribution is 7.10. The second-order valence-electron chi connectivity index (χ2n) is 8.26. The molecular formula is C26H28N2O2S. The maximum atomic E-state index is 13.3. The summed E-state index contributed by atoms with van der Waals surface area (Å²) < 4.78 is 0. The fraction of sp³-hybridized carbons (Fsp3) is 0.308. The molecule has 0 bridgehead atoms. The number of benzene rings is 2. The van der Waals surface area contributed by atoms with Crippen LogP contribution in [0.3, 0.4) is 0 Å². The molecule has 0 radical (unpaired) electrons. The van der Waals surface area contributed by atoms with Gasteiger partial charge in [0.15, 0.2) is 0 Å². The van der Waals surface area contributed by atoms with E-state index < -0.39 is 5.41 Å². The van der Waals surface area contributed by atoms with Crippen molar-refractivity contribution < 1.29 is 9.59 Å². The molecule has 1 saturated heterocycles. The third kappa shape index (κ3) is 4.42. The third-order valence-corrected chi connectivity index (χ3v) is 6.93. The van der Waals surface area contributed by atoms with E-state index in [2.05, 4.69) is 29.6 Å². The minimum Gasteiger partial charge on any atom is -0.356 e. The number of nitrogens with zero attached hydrogens (tertiary/aromatic N) is 1. The summed E-state index contributed by atoms with van der Waals surface area (Å²) >= 11 is 1.58. The average molecular weight is 433 g/mol. The number of thiophene rings is 1. The predicted molar refractivity (Wildman–Crippen MR) is 126 cm³/mol. The maximum absolute atomic E-state index is 13.3. The number of hydrogen-bond acceptors (Lipinski definition) is 3. The second-order valence-corrected chi connectivity index (χ2v) is 9.38. The van der Waals surface area contributed by atoms with Gasteiger partial charge in [0.1, 0.15) is 0 Å². The topological polar surface area (TPSA) is 49.4 Å². The molecule has 0 saturated carbocycles. The first kappa shape index (κ1) is 21.3. The van der Waals surface area contributed by atoms with Gasteiger partial charge in [0.2, 0.25) is 5.91 Å². The Balaban J connectivity index is 1.65. The number of nitrogens with one attached hydrogen (secondary N) is 1. The molecule has 4 rings (SSSR count). The monoisotopic (exact) mass is 432 g/mol. The third-order valence-electron chi connectivity index (χ3n) is 6.07. The molecule has 2 aromatic carbocycles. The first-order chi connectivity index (χ1) is 15.0. The molecule has 160 valence electrons. The van der Waals surface area contributed by atoms with E-state index in [1.54, 1.807) is 11.3 Å². The summed E-state index contributed by atoms with van der Waals surface area (Å²) in [4.78, 5) is 29.3. The lowest BCUT2D eigenvalue weighted by atomic mass is 9.78. The van der Waals surface area contributed by atoms with Gasteiger partial charge in [-0.05, 0) is 49.4 Å². The van der Waals surface area contributed by atoms with Gasteiger partial charge in [0.05, 0.1) is 11.0 Å². The number of carbonyl (C=O) groups is 2. The summed E-state index contributed by atoms with van der Waals surface area (Å²) in [6.07, 6.45) is 1.27. The molecule has 0 aliphatic carbocycles. The van der Waals surface area contributed by atoms with Gasteiger partial charge in [-0.25, -0.2) is 0 Å². The van der Waals surface area contributed by atoms with Crippen molar-refractivity contribution in [2.75, 3.05) is 19.6 Å². The van der Waals surface area contributed by atoms with E-state index in [0.29, 0.717) is 32.5 Å². The van der Waals surface area contributed by atoms with Gasteiger partial charge >= 0.3 is 0 Å². The summed E-state index contributed by atoms with van der Waals surface area (Å²) in [6.45, 7) is 5.56. The maximum Gasteiger partial charge on any atom is 0.254 e. The molecule has 1 aliphatic rings. The molecule has 4 nitrogen and oxygen atoms in total. The van der Waals surface area contributed by atoms with Gasteiger partial charge in [-0.15, -0.1) is 11.3 Å². The molecule has 1 unspecified atom stereocenters. The van der Waals surface area contributed by atoms with E-state index in [1.807, 2.05) is 60.5 Å². The number of likely N-dealkylation sites (tertiary alicyclic amines) is 1. The molecule has 3 aromatic rings. The molecule has 1 fully saturated rings. The molecular weight excluding hydrogens is 404 g/mol. The molecule has 1 N–H and O–H groups in total. The van der Waals surface area contributed by atoms with E-state index in [4.69, 9.17) is 0 Å². The van der Waals surface area contributed by atoms with Gasteiger partial charge in [0.25, 0.3) is 5.91 Å². The van der Waals surface area contributed by atoms with Crippen molar-refractivity contribution in [1.29, 1.82) is 0 Å². The van der Waals surface area contributed by atoms with Gasteiger partial charge < -0.3 is 10.2 Å². The van der Waals surface area contributed by atoms with Gasteiger partial charge in [-0.3, -0.25) is 9.59 Å². The van der Waals surface area contributed by atoms with Crippen LogP contribution in [0.25, 0.3) is 11.1 Å². The van der Waals surface area contributed by atoms with Crippen molar-refractivity contribution in [3.05, 3.63) is 82.0 Å². The van der Waals surface area contributed by atoms with E-state index in [9.17, 15) is 9.59 Å². The summed E-state index contributed by atoms with van der Waals surface area (Å²) in [6, 6.07) is 20.5. The molecule has 2 heterocycles. The largest absolute Gasteiger partial charge is 0.356 e. The van der Waals surface area contributed by atoms with Crippen molar-refractivity contribution in [2.24, 2.45) is 5.41 Å². The first-order valence-corrected chi connectivity index (χ1v) is 11.7. The van der Waals surface area contributed by atoms with Gasteiger partial charge in [0, 0.05) is 29.9 Å². The summed E-state index contributed by atoms with van der Waals surface area (Å²) in [5.74, 6) is 0.0570. The molecule has 2 amide bonds. The number of carbonyl (C=O) groups excluding carboxylic acids is 2.